The first-order chi connectivity index (χ1) is 4.00. The fourth-order valence-electron chi connectivity index (χ4n) is 0. The maximum atomic E-state index is 10.1. The van der Waals surface area contributed by atoms with Gasteiger partial charge in [-0.25, -0.2) is 0 Å². The normalized spacial score (nSPS) is 6.64. The van der Waals surface area contributed by atoms with Gasteiger partial charge in [0.25, 0.3) is 5.97 Å². The van der Waals surface area contributed by atoms with Gasteiger partial charge in [-0.1, -0.05) is 8.96 Å². The summed E-state index contributed by atoms with van der Waals surface area (Å²) in [5.74, 6) is -0.833. The van der Waals surface area contributed by atoms with Crippen LogP contribution in [-0.4, -0.2) is 46.1 Å². The summed E-state index contributed by atoms with van der Waals surface area (Å²) in [4.78, 5) is 9.00. The number of halogens is 3. The molecule has 5 nitrogen and oxygen atoms in total. The van der Waals surface area contributed by atoms with Gasteiger partial charge in [0.05, 0.1) is 0 Å². The summed E-state index contributed by atoms with van der Waals surface area (Å²) in [5.41, 5.74) is -1.76. The standard InChI is InChI=1S/C2H4O2.F3HN2.H3N.Na.H/c1-2(3)4;1-4-5(2)3;;;/h1H3,(H,3,4);4H;1H3;;/p+1. The van der Waals surface area contributed by atoms with E-state index in [1.807, 2.05) is 0 Å². The molecule has 0 atom stereocenters. The molecule has 0 aliphatic rings. The Hall–Kier alpha value is 0.140. The maximum absolute atomic E-state index is 10.1. The van der Waals surface area contributed by atoms with Crippen molar-refractivity contribution < 1.29 is 24.8 Å². The van der Waals surface area contributed by atoms with Crippen LogP contribution in [0.1, 0.15) is 8.35 Å². The van der Waals surface area contributed by atoms with Crippen molar-refractivity contribution in [3.05, 3.63) is 0 Å². The Kier molecular flexibility index (Phi) is 33.9. The molecule has 0 fully saturated rings. The van der Waals surface area contributed by atoms with Gasteiger partial charge in [0.15, 0.2) is 0 Å². The van der Waals surface area contributed by atoms with Crippen LogP contribution in [0.2, 0.25) is 0 Å². The third-order valence-electron chi connectivity index (χ3n) is 0.0639. The molecular formula is C2H10F3N3NaO2+. The molecule has 0 spiro atoms. The van der Waals surface area contributed by atoms with E-state index in [0.717, 1.165) is 6.92 Å². The third kappa shape index (κ3) is 147. The number of hydrogen-bond acceptors (Lipinski definition) is 4. The molecule has 0 bridgehead atoms. The monoisotopic (exact) mass is 188 g/mol. The van der Waals surface area contributed by atoms with Gasteiger partial charge in [0, 0.05) is 6.92 Å². The van der Waals surface area contributed by atoms with E-state index >= 15 is 0 Å². The van der Waals surface area contributed by atoms with Crippen molar-refractivity contribution in [2.45, 2.75) is 6.92 Å². The molecule has 0 rings (SSSR count). The molecule has 9 heteroatoms. The molecule has 0 heterocycles. The van der Waals surface area contributed by atoms with E-state index in [4.69, 9.17) is 9.90 Å². The molecule has 11 heavy (non-hydrogen) atoms. The molecular weight excluding hydrogens is 178 g/mol. The zero-order valence-electron chi connectivity index (χ0n) is 6.14. The Balaban J connectivity index is -0.0000000221. The van der Waals surface area contributed by atoms with Crippen molar-refractivity contribution in [3.63, 3.8) is 0 Å². The molecule has 0 saturated heterocycles. The molecule has 0 aromatic heterocycles. The Morgan fingerprint density at radius 2 is 1.73 bits per heavy atom. The van der Waals surface area contributed by atoms with Crippen LogP contribution in [0.5, 0.6) is 0 Å². The number of carboxylic acids is 1. The summed E-state index contributed by atoms with van der Waals surface area (Å²) in [6.07, 6.45) is 0. The molecule has 0 aromatic carbocycles. The fraction of sp³-hybridized carbons (Fsp3) is 0.500. The van der Waals surface area contributed by atoms with Gasteiger partial charge in [-0.05, 0) is 5.65 Å². The number of hydrogen-bond donors (Lipinski definition) is 3. The van der Waals surface area contributed by atoms with Crippen LogP contribution < -0.4 is 11.8 Å². The first-order valence-electron chi connectivity index (χ1n) is 1.68. The van der Waals surface area contributed by atoms with Crippen molar-refractivity contribution in [3.8, 4) is 0 Å². The molecule has 66 valence electrons. The fourth-order valence-corrected chi connectivity index (χ4v) is 0. The number of carboxylic acid groups (broad SMARTS) is 1. The van der Waals surface area contributed by atoms with Crippen LogP contribution in [0.25, 0.3) is 0 Å². The van der Waals surface area contributed by atoms with Gasteiger partial charge in [-0.15, -0.1) is 4.48 Å². The van der Waals surface area contributed by atoms with E-state index in [9.17, 15) is 13.4 Å². The van der Waals surface area contributed by atoms with Crippen LogP contribution in [0, 0.1) is 0 Å². The van der Waals surface area contributed by atoms with Gasteiger partial charge in [0.1, 0.15) is 5.45 Å². The van der Waals surface area contributed by atoms with Crippen molar-refractivity contribution >= 4 is 35.5 Å². The second-order valence-electron chi connectivity index (χ2n) is 0.836. The van der Waals surface area contributed by atoms with Crippen LogP contribution in [0.4, 0.5) is 13.4 Å². The quantitative estimate of drug-likeness (QED) is 0.310. The summed E-state index contributed by atoms with van der Waals surface area (Å²) in [6, 6.07) is 0. The van der Waals surface area contributed by atoms with E-state index < -0.39 is 11.4 Å². The van der Waals surface area contributed by atoms with Crippen LogP contribution in [-0.2, 0) is 4.79 Å². The molecule has 5 N–H and O–H groups in total. The Bertz CT molecular complexity index is 85.9. The zero-order chi connectivity index (χ0) is 7.86. The number of nitrogens with one attached hydrogen (secondary N) is 1. The average molecular weight is 188 g/mol. The minimum atomic E-state index is -1.79. The number of nitrogens with zero attached hydrogens (tertiary/aromatic N) is 1. The van der Waals surface area contributed by atoms with Crippen LogP contribution in [0.3, 0.4) is 0 Å². The summed E-state index contributed by atoms with van der Waals surface area (Å²) in [5, 5.41) is 7.42. The number of aliphatic carboxylic acids is 1. The molecule has 0 radical (unpaired) electrons. The zero-order valence-corrected chi connectivity index (χ0v) is 5.14. The van der Waals surface area contributed by atoms with E-state index in [0.29, 0.717) is 0 Å². The van der Waals surface area contributed by atoms with Gasteiger partial charge in [-0.3, -0.25) is 4.79 Å². The van der Waals surface area contributed by atoms with E-state index in [1.165, 1.54) is 0 Å². The van der Waals surface area contributed by atoms with E-state index in [2.05, 4.69) is 0 Å². The first kappa shape index (κ1) is 22.5. The van der Waals surface area contributed by atoms with Crippen LogP contribution >= 0.6 is 0 Å². The topological polar surface area (TPSA) is 87.6 Å². The number of hydrazine groups is 1. The summed E-state index contributed by atoms with van der Waals surface area (Å²) >= 11 is 0. The molecule has 0 aliphatic heterocycles. The van der Waals surface area contributed by atoms with Crippen molar-refractivity contribution in [2.24, 2.45) is 0 Å². The van der Waals surface area contributed by atoms with Gasteiger partial charge < -0.3 is 11.3 Å². The molecule has 0 unspecified atom stereocenters. The molecule has 0 saturated carbocycles. The SMILES string of the molecule is CC(=O)O.FNN(F)F.N.[H+].[NaH]. The van der Waals surface area contributed by atoms with Crippen molar-refractivity contribution in [1.82, 2.24) is 17.3 Å². The van der Waals surface area contributed by atoms with Gasteiger partial charge in [-0.2, -0.15) is 0 Å². The van der Waals surface area contributed by atoms with Crippen LogP contribution in [0.15, 0.2) is 0 Å². The van der Waals surface area contributed by atoms with Crippen molar-refractivity contribution in [2.75, 3.05) is 0 Å². The predicted octanol–water partition coefficient (Wildman–Crippen LogP) is 0.163. The summed E-state index contributed by atoms with van der Waals surface area (Å²) < 4.78 is 30.3. The number of carbonyl (C=O) groups is 1. The average Bonchev–Trinajstić information content (AvgIpc) is 1.65. The van der Waals surface area contributed by atoms with Gasteiger partial charge in [0.2, 0.25) is 0 Å². The van der Waals surface area contributed by atoms with Gasteiger partial charge >= 0.3 is 31.0 Å². The minimum absolute atomic E-state index is 0. The van der Waals surface area contributed by atoms with Crippen molar-refractivity contribution in [1.29, 1.82) is 0 Å². The first-order valence-corrected chi connectivity index (χ1v) is 1.68. The molecule has 0 aliphatic carbocycles. The second-order valence-corrected chi connectivity index (χ2v) is 0.836. The van der Waals surface area contributed by atoms with E-state index in [-0.39, 0.29) is 42.8 Å². The Morgan fingerprint density at radius 3 is 1.73 bits per heavy atom. The number of rotatable bonds is 1. The molecule has 0 aromatic rings. The molecule has 0 amide bonds. The summed E-state index contributed by atoms with van der Waals surface area (Å²) in [7, 11) is 0. The van der Waals surface area contributed by atoms with E-state index in [1.54, 1.807) is 0 Å². The Labute approximate surface area is 84.7 Å². The Morgan fingerprint density at radius 1 is 1.64 bits per heavy atom. The third-order valence-corrected chi connectivity index (χ3v) is 0.0639. The second kappa shape index (κ2) is 16.6. The summed E-state index contributed by atoms with van der Waals surface area (Å²) in [6.45, 7) is 1.08. The predicted molar refractivity (Wildman–Crippen MR) is 34.9 cm³/mol.